The fourth-order valence-electron chi connectivity index (χ4n) is 2.84. The predicted molar refractivity (Wildman–Crippen MR) is 87.2 cm³/mol. The molecule has 1 aromatic carbocycles. The second-order valence-electron chi connectivity index (χ2n) is 5.85. The lowest BCUT2D eigenvalue weighted by Crippen LogP contribution is -2.27. The minimum atomic E-state index is 0.237. The monoisotopic (exact) mass is 371 g/mol. The Labute approximate surface area is 129 Å². The number of rotatable bonds is 5. The molecule has 1 fully saturated rings. The summed E-state index contributed by atoms with van der Waals surface area (Å²) in [5.41, 5.74) is 1.23. The van der Waals surface area contributed by atoms with Crippen molar-refractivity contribution in [3.8, 4) is 0 Å². The van der Waals surface area contributed by atoms with E-state index in [1.54, 1.807) is 0 Å². The minimum Gasteiger partial charge on any atom is -0.338 e. The normalized spacial score (nSPS) is 23.4. The molecular formula is C16H22INO. The van der Waals surface area contributed by atoms with Crippen LogP contribution in [0.3, 0.4) is 0 Å². The summed E-state index contributed by atoms with van der Waals surface area (Å²) >= 11 is 2.42. The van der Waals surface area contributed by atoms with Crippen LogP contribution in [0.5, 0.6) is 0 Å². The topological polar surface area (TPSA) is 20.3 Å². The van der Waals surface area contributed by atoms with Crippen LogP contribution in [0.2, 0.25) is 0 Å². The van der Waals surface area contributed by atoms with E-state index in [0.29, 0.717) is 17.7 Å². The SMILES string of the molecule is CC(C)CC1C(=O)N(Cc2ccccc2)CC1CI. The summed E-state index contributed by atoms with van der Waals surface area (Å²) in [6.07, 6.45) is 1.03. The van der Waals surface area contributed by atoms with Gasteiger partial charge < -0.3 is 4.90 Å². The Bertz CT molecular complexity index is 418. The molecule has 2 rings (SSSR count). The van der Waals surface area contributed by atoms with Crippen LogP contribution < -0.4 is 0 Å². The van der Waals surface area contributed by atoms with Crippen LogP contribution in [0.15, 0.2) is 30.3 Å². The van der Waals surface area contributed by atoms with E-state index in [4.69, 9.17) is 0 Å². The Morgan fingerprint density at radius 1 is 1.32 bits per heavy atom. The summed E-state index contributed by atoms with van der Waals surface area (Å²) < 4.78 is 1.08. The first-order chi connectivity index (χ1) is 9.11. The van der Waals surface area contributed by atoms with Gasteiger partial charge in [-0.05, 0) is 23.8 Å². The maximum absolute atomic E-state index is 12.5. The summed E-state index contributed by atoms with van der Waals surface area (Å²) in [5.74, 6) is 1.72. The van der Waals surface area contributed by atoms with Crippen LogP contribution in [0.4, 0.5) is 0 Å². The fourth-order valence-corrected chi connectivity index (χ4v) is 3.73. The van der Waals surface area contributed by atoms with Gasteiger partial charge in [0.05, 0.1) is 0 Å². The van der Waals surface area contributed by atoms with Crippen molar-refractivity contribution >= 4 is 28.5 Å². The van der Waals surface area contributed by atoms with Crippen molar-refractivity contribution in [2.24, 2.45) is 17.8 Å². The molecule has 3 heteroatoms. The minimum absolute atomic E-state index is 0.237. The zero-order valence-electron chi connectivity index (χ0n) is 11.7. The number of benzene rings is 1. The van der Waals surface area contributed by atoms with Crippen molar-refractivity contribution in [1.82, 2.24) is 4.90 Å². The molecule has 0 aliphatic carbocycles. The van der Waals surface area contributed by atoms with E-state index < -0.39 is 0 Å². The van der Waals surface area contributed by atoms with Crippen LogP contribution in [-0.2, 0) is 11.3 Å². The summed E-state index contributed by atoms with van der Waals surface area (Å²) in [4.78, 5) is 14.6. The average molecular weight is 371 g/mol. The first kappa shape index (κ1) is 14.8. The number of alkyl halides is 1. The van der Waals surface area contributed by atoms with E-state index in [1.165, 1.54) is 5.56 Å². The van der Waals surface area contributed by atoms with Crippen LogP contribution in [0, 0.1) is 17.8 Å². The number of hydrogen-bond donors (Lipinski definition) is 0. The molecule has 0 bridgehead atoms. The molecule has 1 amide bonds. The zero-order valence-corrected chi connectivity index (χ0v) is 13.8. The van der Waals surface area contributed by atoms with Crippen LogP contribution >= 0.6 is 22.6 Å². The Hall–Kier alpha value is -0.580. The van der Waals surface area contributed by atoms with Gasteiger partial charge in [0, 0.05) is 23.4 Å². The van der Waals surface area contributed by atoms with Gasteiger partial charge in [0.25, 0.3) is 0 Å². The number of carbonyl (C=O) groups excluding carboxylic acids is 1. The summed E-state index contributed by atoms with van der Waals surface area (Å²) in [6.45, 7) is 6.10. The van der Waals surface area contributed by atoms with Gasteiger partial charge >= 0.3 is 0 Å². The van der Waals surface area contributed by atoms with Crippen molar-refractivity contribution in [2.45, 2.75) is 26.8 Å². The van der Waals surface area contributed by atoms with Gasteiger partial charge in [-0.1, -0.05) is 66.8 Å². The van der Waals surface area contributed by atoms with Crippen LogP contribution in [0.1, 0.15) is 25.8 Å². The van der Waals surface area contributed by atoms with E-state index in [1.807, 2.05) is 23.1 Å². The second kappa shape index (κ2) is 6.73. The van der Waals surface area contributed by atoms with Gasteiger partial charge in [-0.15, -0.1) is 0 Å². The standard InChI is InChI=1S/C16H22INO/c1-12(2)8-15-14(9-17)11-18(16(15)19)10-13-6-4-3-5-7-13/h3-7,12,14-15H,8-11H2,1-2H3. The molecule has 0 N–H and O–H groups in total. The Balaban J connectivity index is 2.05. The molecule has 1 aromatic rings. The van der Waals surface area contributed by atoms with E-state index in [9.17, 15) is 4.79 Å². The molecule has 1 aliphatic rings. The van der Waals surface area contributed by atoms with Gasteiger partial charge in [0.15, 0.2) is 0 Å². The Morgan fingerprint density at radius 2 is 2.00 bits per heavy atom. The van der Waals surface area contributed by atoms with Crippen molar-refractivity contribution in [2.75, 3.05) is 11.0 Å². The highest BCUT2D eigenvalue weighted by molar-refractivity contribution is 14.1. The smallest absolute Gasteiger partial charge is 0.226 e. The van der Waals surface area contributed by atoms with Crippen molar-refractivity contribution < 1.29 is 4.79 Å². The molecule has 0 saturated carbocycles. The van der Waals surface area contributed by atoms with Crippen molar-refractivity contribution in [1.29, 1.82) is 0 Å². The number of nitrogens with zero attached hydrogens (tertiary/aromatic N) is 1. The predicted octanol–water partition coefficient (Wildman–Crippen LogP) is 3.74. The number of likely N-dealkylation sites (tertiary alicyclic amines) is 1. The lowest BCUT2D eigenvalue weighted by molar-refractivity contribution is -0.132. The number of halogens is 1. The van der Waals surface area contributed by atoms with E-state index in [-0.39, 0.29) is 5.92 Å². The zero-order chi connectivity index (χ0) is 13.8. The summed E-state index contributed by atoms with van der Waals surface area (Å²) in [7, 11) is 0. The molecule has 2 nitrogen and oxygen atoms in total. The third-order valence-electron chi connectivity index (χ3n) is 3.79. The summed E-state index contributed by atoms with van der Waals surface area (Å²) in [5, 5.41) is 0. The molecule has 0 spiro atoms. The highest BCUT2D eigenvalue weighted by Crippen LogP contribution is 2.32. The lowest BCUT2D eigenvalue weighted by Gasteiger charge is -2.17. The third-order valence-corrected chi connectivity index (χ3v) is 4.92. The Morgan fingerprint density at radius 3 is 2.58 bits per heavy atom. The van der Waals surface area contributed by atoms with E-state index in [2.05, 4.69) is 48.6 Å². The highest BCUT2D eigenvalue weighted by atomic mass is 127. The van der Waals surface area contributed by atoms with Gasteiger partial charge in [-0.3, -0.25) is 4.79 Å². The molecule has 104 valence electrons. The van der Waals surface area contributed by atoms with Gasteiger partial charge in [0.2, 0.25) is 5.91 Å². The summed E-state index contributed by atoms with van der Waals surface area (Å²) in [6, 6.07) is 10.3. The van der Waals surface area contributed by atoms with Crippen LogP contribution in [-0.4, -0.2) is 21.8 Å². The van der Waals surface area contributed by atoms with Crippen molar-refractivity contribution in [3.63, 3.8) is 0 Å². The molecule has 0 radical (unpaired) electrons. The molecule has 2 unspecified atom stereocenters. The average Bonchev–Trinajstić information content (AvgIpc) is 2.68. The maximum atomic E-state index is 12.5. The Kier molecular flexibility index (Phi) is 5.25. The van der Waals surface area contributed by atoms with E-state index >= 15 is 0 Å². The molecule has 2 atom stereocenters. The number of amides is 1. The lowest BCUT2D eigenvalue weighted by atomic mass is 9.89. The second-order valence-corrected chi connectivity index (χ2v) is 6.74. The number of carbonyl (C=O) groups is 1. The molecule has 1 saturated heterocycles. The fraction of sp³-hybridized carbons (Fsp3) is 0.562. The van der Waals surface area contributed by atoms with Gasteiger partial charge in [-0.2, -0.15) is 0 Å². The van der Waals surface area contributed by atoms with E-state index in [0.717, 1.165) is 23.9 Å². The molecule has 1 aliphatic heterocycles. The first-order valence-corrected chi connectivity index (χ1v) is 8.53. The third kappa shape index (κ3) is 3.71. The van der Waals surface area contributed by atoms with Crippen LogP contribution in [0.25, 0.3) is 0 Å². The largest absolute Gasteiger partial charge is 0.338 e. The van der Waals surface area contributed by atoms with Crippen molar-refractivity contribution in [3.05, 3.63) is 35.9 Å². The quantitative estimate of drug-likeness (QED) is 0.571. The molecule has 19 heavy (non-hydrogen) atoms. The molecule has 1 heterocycles. The first-order valence-electron chi connectivity index (χ1n) is 7.00. The molecular weight excluding hydrogens is 349 g/mol. The maximum Gasteiger partial charge on any atom is 0.226 e. The van der Waals surface area contributed by atoms with Gasteiger partial charge in [-0.25, -0.2) is 0 Å². The highest BCUT2D eigenvalue weighted by Gasteiger charge is 2.39. The molecule has 0 aromatic heterocycles. The number of hydrogen-bond acceptors (Lipinski definition) is 1. The van der Waals surface area contributed by atoms with Gasteiger partial charge in [0.1, 0.15) is 0 Å².